The summed E-state index contributed by atoms with van der Waals surface area (Å²) in [6.07, 6.45) is 4.82. The van der Waals surface area contributed by atoms with Crippen LogP contribution in [0.5, 0.6) is 0 Å². The summed E-state index contributed by atoms with van der Waals surface area (Å²) < 4.78 is 0.759. The van der Waals surface area contributed by atoms with E-state index in [1.807, 2.05) is 0 Å². The van der Waals surface area contributed by atoms with Gasteiger partial charge in [-0.1, -0.05) is 18.2 Å². The van der Waals surface area contributed by atoms with Gasteiger partial charge in [-0.3, -0.25) is 4.99 Å². The van der Waals surface area contributed by atoms with E-state index in [0.29, 0.717) is 10.9 Å². The van der Waals surface area contributed by atoms with Gasteiger partial charge in [-0.05, 0) is 40.8 Å². The summed E-state index contributed by atoms with van der Waals surface area (Å²) in [5.41, 5.74) is 7.24. The molecular weight excluding hydrogens is 324 g/mol. The molecule has 78 valence electrons. The van der Waals surface area contributed by atoms with Crippen molar-refractivity contribution in [2.75, 3.05) is 0 Å². The molecule has 1 heterocycles. The van der Waals surface area contributed by atoms with Gasteiger partial charge in [0.1, 0.15) is 8.87 Å². The van der Waals surface area contributed by atoms with Crippen LogP contribution in [0.2, 0.25) is 5.15 Å². The van der Waals surface area contributed by atoms with Crippen LogP contribution in [-0.4, -0.2) is 8.70 Å². The van der Waals surface area contributed by atoms with Crippen LogP contribution in [0.3, 0.4) is 0 Å². The van der Waals surface area contributed by atoms with Gasteiger partial charge in [0.25, 0.3) is 0 Å². The average Bonchev–Trinajstić information content (AvgIpc) is 2.18. The smallest absolute Gasteiger partial charge is 0.129 e. The van der Waals surface area contributed by atoms with Crippen molar-refractivity contribution in [3.05, 3.63) is 47.9 Å². The third-order valence-electron chi connectivity index (χ3n) is 1.55. The fraction of sp³-hybridized carbons (Fsp3) is 0. The van der Waals surface area contributed by atoms with Crippen molar-refractivity contribution in [2.24, 2.45) is 10.7 Å². The van der Waals surface area contributed by atoms with Crippen molar-refractivity contribution < 1.29 is 0 Å². The predicted octanol–water partition coefficient (Wildman–Crippen LogP) is 3.01. The van der Waals surface area contributed by atoms with Gasteiger partial charge in [-0.2, -0.15) is 0 Å². The second-order valence-corrected chi connectivity index (χ2v) is 4.10. The zero-order chi connectivity index (χ0) is 11.3. The van der Waals surface area contributed by atoms with Crippen LogP contribution in [0.15, 0.2) is 42.2 Å². The van der Waals surface area contributed by atoms with E-state index < -0.39 is 0 Å². The topological polar surface area (TPSA) is 51.3 Å². The van der Waals surface area contributed by atoms with Crippen LogP contribution in [0.1, 0.15) is 5.56 Å². The van der Waals surface area contributed by atoms with Crippen molar-refractivity contribution in [2.45, 2.75) is 0 Å². The van der Waals surface area contributed by atoms with E-state index in [0.717, 1.165) is 9.28 Å². The molecule has 1 aromatic rings. The first-order chi connectivity index (χ1) is 7.13. The molecule has 0 aliphatic carbocycles. The van der Waals surface area contributed by atoms with Crippen LogP contribution < -0.4 is 5.73 Å². The SMILES string of the molecule is C=CN=C(I)/C=C(\N)c1ccc(Cl)nc1. The first-order valence-electron chi connectivity index (χ1n) is 4.07. The summed E-state index contributed by atoms with van der Waals surface area (Å²) in [6, 6.07) is 3.49. The predicted molar refractivity (Wildman–Crippen MR) is 73.1 cm³/mol. The van der Waals surface area contributed by atoms with Crippen molar-refractivity contribution in [3.8, 4) is 0 Å². The number of halogens is 2. The zero-order valence-electron chi connectivity index (χ0n) is 7.82. The quantitative estimate of drug-likeness (QED) is 0.525. The van der Waals surface area contributed by atoms with E-state index in [-0.39, 0.29) is 0 Å². The van der Waals surface area contributed by atoms with Crippen molar-refractivity contribution in [1.29, 1.82) is 0 Å². The molecule has 1 aromatic heterocycles. The van der Waals surface area contributed by atoms with E-state index in [1.54, 1.807) is 24.4 Å². The Bertz CT molecular complexity index is 409. The Kier molecular flexibility index (Phi) is 4.77. The number of pyridine rings is 1. The number of nitrogens with two attached hydrogens (primary N) is 1. The molecule has 0 amide bonds. The number of hydrogen-bond acceptors (Lipinski definition) is 3. The number of nitrogens with zero attached hydrogens (tertiary/aromatic N) is 2. The molecular formula is C10H9ClIN3. The maximum atomic E-state index is 5.83. The number of aromatic nitrogens is 1. The van der Waals surface area contributed by atoms with Gasteiger partial charge in [0.15, 0.2) is 0 Å². The van der Waals surface area contributed by atoms with Crippen molar-refractivity contribution in [1.82, 2.24) is 4.98 Å². The average molecular weight is 334 g/mol. The lowest BCUT2D eigenvalue weighted by Crippen LogP contribution is -1.98. The molecule has 5 heteroatoms. The summed E-state index contributed by atoms with van der Waals surface area (Å²) in [6.45, 7) is 3.50. The van der Waals surface area contributed by atoms with Crippen LogP contribution in [0.4, 0.5) is 0 Å². The second kappa shape index (κ2) is 5.87. The monoisotopic (exact) mass is 333 g/mol. The highest BCUT2D eigenvalue weighted by Crippen LogP contribution is 2.12. The highest BCUT2D eigenvalue weighted by molar-refractivity contribution is 14.1. The zero-order valence-corrected chi connectivity index (χ0v) is 10.7. The lowest BCUT2D eigenvalue weighted by atomic mass is 10.2. The molecule has 15 heavy (non-hydrogen) atoms. The Labute approximate surface area is 107 Å². The molecule has 2 N–H and O–H groups in total. The molecule has 0 atom stereocenters. The highest BCUT2D eigenvalue weighted by Gasteiger charge is 1.98. The summed E-state index contributed by atoms with van der Waals surface area (Å²) in [4.78, 5) is 7.91. The highest BCUT2D eigenvalue weighted by atomic mass is 127. The second-order valence-electron chi connectivity index (χ2n) is 2.60. The van der Waals surface area contributed by atoms with Crippen LogP contribution in [0, 0.1) is 0 Å². The fourth-order valence-corrected chi connectivity index (χ4v) is 1.53. The first kappa shape index (κ1) is 12.2. The molecule has 0 spiro atoms. The minimum absolute atomic E-state index is 0.445. The Morgan fingerprint density at radius 2 is 2.33 bits per heavy atom. The Morgan fingerprint density at radius 1 is 1.60 bits per heavy atom. The van der Waals surface area contributed by atoms with Gasteiger partial charge in [-0.15, -0.1) is 0 Å². The lowest BCUT2D eigenvalue weighted by molar-refractivity contribution is 1.30. The minimum atomic E-state index is 0.445. The molecule has 0 saturated heterocycles. The molecule has 3 nitrogen and oxygen atoms in total. The van der Waals surface area contributed by atoms with Gasteiger partial charge < -0.3 is 5.73 Å². The fourth-order valence-electron chi connectivity index (χ4n) is 0.883. The molecule has 0 aromatic carbocycles. The number of allylic oxidation sites excluding steroid dienone is 1. The largest absolute Gasteiger partial charge is 0.398 e. The third-order valence-corrected chi connectivity index (χ3v) is 2.36. The molecule has 0 radical (unpaired) electrons. The summed E-state index contributed by atoms with van der Waals surface area (Å²) >= 11 is 7.73. The molecule has 1 rings (SSSR count). The minimum Gasteiger partial charge on any atom is -0.398 e. The molecule has 0 unspecified atom stereocenters. The Balaban J connectivity index is 2.93. The maximum Gasteiger partial charge on any atom is 0.129 e. The third kappa shape index (κ3) is 4.01. The van der Waals surface area contributed by atoms with Crippen molar-refractivity contribution >= 4 is 43.6 Å². The van der Waals surface area contributed by atoms with Gasteiger partial charge in [0.2, 0.25) is 0 Å². The van der Waals surface area contributed by atoms with E-state index in [2.05, 4.69) is 39.1 Å². The summed E-state index contributed by atoms with van der Waals surface area (Å²) in [7, 11) is 0. The van der Waals surface area contributed by atoms with E-state index in [4.69, 9.17) is 17.3 Å². The van der Waals surface area contributed by atoms with Gasteiger partial charge >= 0.3 is 0 Å². The lowest BCUT2D eigenvalue weighted by Gasteiger charge is -2.00. The number of rotatable bonds is 3. The molecule has 0 saturated carbocycles. The number of hydrogen-bond donors (Lipinski definition) is 1. The molecule has 0 bridgehead atoms. The number of aliphatic imine (C=N–C) groups is 1. The van der Waals surface area contributed by atoms with E-state index >= 15 is 0 Å². The molecule has 0 aliphatic heterocycles. The standard InChI is InChI=1S/C10H9ClIN3/c1-2-14-10(12)5-8(13)7-3-4-9(11)15-6-7/h2-6H,1,13H2/b8-5-,14-10?. The van der Waals surface area contributed by atoms with E-state index in [9.17, 15) is 0 Å². The Hall–Kier alpha value is -0.880. The summed E-state index contributed by atoms with van der Waals surface area (Å²) in [5.74, 6) is 0. The van der Waals surface area contributed by atoms with Gasteiger partial charge in [-0.25, -0.2) is 4.98 Å². The van der Waals surface area contributed by atoms with Gasteiger partial charge in [0.05, 0.1) is 0 Å². The molecule has 0 aliphatic rings. The van der Waals surface area contributed by atoms with Crippen molar-refractivity contribution in [3.63, 3.8) is 0 Å². The van der Waals surface area contributed by atoms with E-state index in [1.165, 1.54) is 6.20 Å². The normalized spacial score (nSPS) is 12.7. The molecule has 0 fully saturated rings. The first-order valence-corrected chi connectivity index (χ1v) is 5.52. The van der Waals surface area contributed by atoms with Crippen LogP contribution in [0.25, 0.3) is 5.70 Å². The van der Waals surface area contributed by atoms with Crippen LogP contribution >= 0.6 is 34.2 Å². The summed E-state index contributed by atoms with van der Waals surface area (Å²) in [5, 5.41) is 0.445. The van der Waals surface area contributed by atoms with Gasteiger partial charge in [0, 0.05) is 23.7 Å². The maximum absolute atomic E-state index is 5.83. The van der Waals surface area contributed by atoms with Crippen LogP contribution in [-0.2, 0) is 0 Å². The Morgan fingerprint density at radius 3 is 2.87 bits per heavy atom.